The van der Waals surface area contributed by atoms with E-state index in [1.807, 2.05) is 0 Å². The number of para-hydroxylation sites is 2. The Bertz CT molecular complexity index is 594. The van der Waals surface area contributed by atoms with Crippen molar-refractivity contribution in [3.05, 3.63) is 30.1 Å². The summed E-state index contributed by atoms with van der Waals surface area (Å²) < 4.78 is 27.0. The Morgan fingerprint density at radius 3 is 2.72 bits per heavy atom. The van der Waals surface area contributed by atoms with Crippen molar-refractivity contribution in [2.45, 2.75) is 19.4 Å². The van der Waals surface area contributed by atoms with Crippen LogP contribution in [0.3, 0.4) is 0 Å². The predicted octanol–water partition coefficient (Wildman–Crippen LogP) is 2.28. The van der Waals surface area contributed by atoms with Crippen LogP contribution >= 0.6 is 0 Å². The van der Waals surface area contributed by atoms with E-state index in [2.05, 4.69) is 10.1 Å². The van der Waals surface area contributed by atoms with Crippen LogP contribution in [0.2, 0.25) is 0 Å². The van der Waals surface area contributed by atoms with Gasteiger partial charge in [0.1, 0.15) is 11.7 Å². The van der Waals surface area contributed by atoms with E-state index in [-0.39, 0.29) is 11.7 Å². The Labute approximate surface area is 102 Å². The first kappa shape index (κ1) is 12.3. The van der Waals surface area contributed by atoms with Gasteiger partial charge in [-0.05, 0) is 19.1 Å². The first-order valence-corrected chi connectivity index (χ1v) is 5.28. The van der Waals surface area contributed by atoms with Crippen molar-refractivity contribution in [2.24, 2.45) is 10.9 Å². The molecule has 0 saturated heterocycles. The highest BCUT2D eigenvalue weighted by Gasteiger charge is 2.23. The minimum absolute atomic E-state index is 0.0708. The zero-order valence-corrected chi connectivity index (χ0v) is 9.59. The molecule has 3 N–H and O–H groups in total. The van der Waals surface area contributed by atoms with Gasteiger partial charge >= 0.3 is 6.55 Å². The molecular weight excluding hydrogens is 242 g/mol. The van der Waals surface area contributed by atoms with E-state index in [1.165, 1.54) is 0 Å². The monoisotopic (exact) mass is 254 g/mol. The number of amidine groups is 1. The van der Waals surface area contributed by atoms with Crippen molar-refractivity contribution in [3.63, 3.8) is 0 Å². The first-order chi connectivity index (χ1) is 8.56. The maximum Gasteiger partial charge on any atom is 0.320 e. The van der Waals surface area contributed by atoms with Crippen molar-refractivity contribution in [2.75, 3.05) is 0 Å². The molecule has 5 nitrogen and oxygen atoms in total. The zero-order valence-electron chi connectivity index (χ0n) is 9.59. The van der Waals surface area contributed by atoms with Gasteiger partial charge in [-0.2, -0.15) is 8.78 Å². The lowest BCUT2D eigenvalue weighted by Crippen LogP contribution is -2.23. The smallest absolute Gasteiger partial charge is 0.320 e. The van der Waals surface area contributed by atoms with Crippen LogP contribution in [0.25, 0.3) is 11.0 Å². The summed E-state index contributed by atoms with van der Waals surface area (Å²) in [5.41, 5.74) is 6.21. The third-order valence-corrected chi connectivity index (χ3v) is 2.76. The van der Waals surface area contributed by atoms with Gasteiger partial charge in [-0.15, -0.1) is 0 Å². The Morgan fingerprint density at radius 1 is 1.44 bits per heavy atom. The summed E-state index contributed by atoms with van der Waals surface area (Å²) >= 11 is 0. The molecule has 2 aromatic rings. The number of fused-ring (bicyclic) bond motifs is 1. The Morgan fingerprint density at radius 2 is 2.11 bits per heavy atom. The van der Waals surface area contributed by atoms with Crippen LogP contribution < -0.4 is 5.73 Å². The number of hydrogen-bond donors (Lipinski definition) is 2. The number of halogens is 2. The molecule has 0 radical (unpaired) electrons. The molecule has 18 heavy (non-hydrogen) atoms. The fourth-order valence-corrected chi connectivity index (χ4v) is 1.79. The lowest BCUT2D eigenvalue weighted by Gasteiger charge is -2.12. The molecule has 1 aromatic carbocycles. The predicted molar refractivity (Wildman–Crippen MR) is 62.8 cm³/mol. The second kappa shape index (κ2) is 4.59. The highest BCUT2D eigenvalue weighted by molar-refractivity contribution is 5.87. The summed E-state index contributed by atoms with van der Waals surface area (Å²) in [6.07, 6.45) is 0. The van der Waals surface area contributed by atoms with Crippen LogP contribution in [0.1, 0.15) is 25.2 Å². The van der Waals surface area contributed by atoms with Crippen molar-refractivity contribution >= 4 is 16.9 Å². The van der Waals surface area contributed by atoms with Gasteiger partial charge < -0.3 is 10.9 Å². The number of hydrogen-bond acceptors (Lipinski definition) is 3. The number of aromatic nitrogens is 2. The average Bonchev–Trinajstić information content (AvgIpc) is 2.76. The fourth-order valence-electron chi connectivity index (χ4n) is 1.79. The molecule has 2 rings (SSSR count). The summed E-state index contributed by atoms with van der Waals surface area (Å²) in [6.45, 7) is -1.18. The van der Waals surface area contributed by atoms with E-state index < -0.39 is 12.5 Å². The second-order valence-electron chi connectivity index (χ2n) is 3.85. The van der Waals surface area contributed by atoms with Crippen LogP contribution in [-0.2, 0) is 0 Å². The van der Waals surface area contributed by atoms with E-state index in [0.29, 0.717) is 11.0 Å². The summed E-state index contributed by atoms with van der Waals surface area (Å²) in [4.78, 5) is 4.11. The van der Waals surface area contributed by atoms with Crippen molar-refractivity contribution in [1.29, 1.82) is 0 Å². The Kier molecular flexibility index (Phi) is 3.14. The van der Waals surface area contributed by atoms with Crippen LogP contribution in [0.15, 0.2) is 29.4 Å². The highest BCUT2D eigenvalue weighted by atomic mass is 19.3. The van der Waals surface area contributed by atoms with Gasteiger partial charge in [0.2, 0.25) is 0 Å². The van der Waals surface area contributed by atoms with Crippen LogP contribution in [-0.4, -0.2) is 20.6 Å². The van der Waals surface area contributed by atoms with Gasteiger partial charge in [-0.25, -0.2) is 4.98 Å². The normalized spacial score (nSPS) is 14.3. The molecule has 0 aliphatic carbocycles. The summed E-state index contributed by atoms with van der Waals surface area (Å²) in [7, 11) is 0. The molecule has 0 aliphatic heterocycles. The molecule has 1 atom stereocenters. The number of oxime groups is 1. The number of nitrogens with two attached hydrogens (primary N) is 1. The summed E-state index contributed by atoms with van der Waals surface area (Å²) in [5, 5.41) is 11.4. The Hall–Kier alpha value is -2.18. The van der Waals surface area contributed by atoms with E-state index in [1.54, 1.807) is 31.2 Å². The van der Waals surface area contributed by atoms with Crippen LogP contribution in [0, 0.1) is 0 Å². The molecular formula is C11H12F2N4O. The van der Waals surface area contributed by atoms with E-state index in [4.69, 9.17) is 10.9 Å². The van der Waals surface area contributed by atoms with E-state index in [0.717, 1.165) is 4.57 Å². The van der Waals surface area contributed by atoms with Gasteiger partial charge in [0.25, 0.3) is 0 Å². The molecule has 1 heterocycles. The summed E-state index contributed by atoms with van der Waals surface area (Å²) in [6, 6.07) is 6.55. The molecule has 0 saturated carbocycles. The minimum Gasteiger partial charge on any atom is -0.409 e. The number of benzene rings is 1. The maximum atomic E-state index is 13.1. The second-order valence-corrected chi connectivity index (χ2v) is 3.85. The number of nitrogens with zero attached hydrogens (tertiary/aromatic N) is 3. The summed E-state index contributed by atoms with van der Waals surface area (Å²) in [5.74, 6) is -0.787. The lowest BCUT2D eigenvalue weighted by molar-refractivity contribution is 0.0712. The van der Waals surface area contributed by atoms with Crippen molar-refractivity contribution in [1.82, 2.24) is 9.55 Å². The van der Waals surface area contributed by atoms with Crippen LogP contribution in [0.4, 0.5) is 8.78 Å². The van der Waals surface area contributed by atoms with E-state index in [9.17, 15) is 8.78 Å². The average molecular weight is 254 g/mol. The molecule has 0 aliphatic rings. The molecule has 0 amide bonds. The third kappa shape index (κ3) is 1.87. The van der Waals surface area contributed by atoms with Gasteiger partial charge in [0.15, 0.2) is 0 Å². The molecule has 0 bridgehead atoms. The fraction of sp³-hybridized carbons (Fsp3) is 0.273. The lowest BCUT2D eigenvalue weighted by atomic mass is 10.1. The third-order valence-electron chi connectivity index (χ3n) is 2.76. The largest absolute Gasteiger partial charge is 0.409 e. The SMILES string of the molecule is CC(C(N)=NO)c1nc2ccccc2n1C(F)F. The number of alkyl halides is 2. The van der Waals surface area contributed by atoms with Gasteiger partial charge in [0, 0.05) is 0 Å². The van der Waals surface area contributed by atoms with Crippen molar-refractivity contribution in [3.8, 4) is 0 Å². The minimum atomic E-state index is -2.73. The molecule has 0 fully saturated rings. The number of rotatable bonds is 3. The van der Waals surface area contributed by atoms with Gasteiger partial charge in [0.05, 0.1) is 17.0 Å². The molecule has 7 heteroatoms. The standard InChI is InChI=1S/C11H12F2N4O/c1-6(9(14)16-18)10-15-7-4-2-3-5-8(7)17(10)11(12)13/h2-6,11,18H,1H3,(H2,14,16). The molecule has 96 valence electrons. The molecule has 0 spiro atoms. The first-order valence-electron chi connectivity index (χ1n) is 5.28. The van der Waals surface area contributed by atoms with Crippen LogP contribution in [0.5, 0.6) is 0 Å². The quantitative estimate of drug-likeness (QED) is 0.382. The molecule has 1 unspecified atom stereocenters. The van der Waals surface area contributed by atoms with Gasteiger partial charge in [-0.3, -0.25) is 4.57 Å². The topological polar surface area (TPSA) is 76.4 Å². The Balaban J connectivity index is 2.66. The zero-order chi connectivity index (χ0) is 13.3. The molecule has 1 aromatic heterocycles. The maximum absolute atomic E-state index is 13.1. The van der Waals surface area contributed by atoms with E-state index >= 15 is 0 Å². The van der Waals surface area contributed by atoms with Gasteiger partial charge in [-0.1, -0.05) is 17.3 Å². The number of imidazole rings is 1. The highest BCUT2D eigenvalue weighted by Crippen LogP contribution is 2.27. The van der Waals surface area contributed by atoms with Crippen molar-refractivity contribution < 1.29 is 14.0 Å².